The number of hydrogen-bond donors (Lipinski definition) is 0. The number of halogens is 4. The van der Waals surface area contributed by atoms with E-state index in [9.17, 15) is 22.4 Å². The number of carbonyl (C=O) groups is 1. The molecule has 0 aromatic heterocycles. The highest BCUT2D eigenvalue weighted by atomic mass is 19.2. The molecular formula is C30H22F4O3. The first-order valence-electron chi connectivity index (χ1n) is 11.5. The second kappa shape index (κ2) is 11.1. The molecule has 0 spiro atoms. The van der Waals surface area contributed by atoms with E-state index in [-0.39, 0.29) is 29.2 Å². The maximum Gasteiger partial charge on any atom is 0.346 e. The summed E-state index contributed by atoms with van der Waals surface area (Å²) >= 11 is 0. The molecule has 0 aliphatic rings. The third-order valence-electron chi connectivity index (χ3n) is 5.61. The topological polar surface area (TPSA) is 35.5 Å². The van der Waals surface area contributed by atoms with Crippen molar-refractivity contribution in [2.24, 2.45) is 0 Å². The summed E-state index contributed by atoms with van der Waals surface area (Å²) in [5.74, 6) is -5.96. The summed E-state index contributed by atoms with van der Waals surface area (Å²) < 4.78 is 68.5. The number of rotatable bonds is 7. The molecule has 0 fully saturated rings. The molecule has 4 aromatic carbocycles. The molecule has 0 saturated carbocycles. The van der Waals surface area contributed by atoms with E-state index >= 15 is 0 Å². The van der Waals surface area contributed by atoms with Gasteiger partial charge in [0.1, 0.15) is 5.75 Å². The minimum absolute atomic E-state index is 0.00930. The van der Waals surface area contributed by atoms with Gasteiger partial charge in [-0.25, -0.2) is 18.0 Å². The summed E-state index contributed by atoms with van der Waals surface area (Å²) in [5, 5.41) is 0. The van der Waals surface area contributed by atoms with Gasteiger partial charge in [-0.1, -0.05) is 54.6 Å². The van der Waals surface area contributed by atoms with E-state index in [1.54, 1.807) is 31.2 Å². The van der Waals surface area contributed by atoms with Crippen LogP contribution in [0.5, 0.6) is 11.5 Å². The molecule has 0 heterocycles. The van der Waals surface area contributed by atoms with Crippen LogP contribution >= 0.6 is 0 Å². The highest BCUT2D eigenvalue weighted by molar-refractivity contribution is 5.92. The van der Waals surface area contributed by atoms with E-state index in [1.807, 2.05) is 19.1 Å². The lowest BCUT2D eigenvalue weighted by atomic mass is 10.0. The van der Waals surface area contributed by atoms with Crippen molar-refractivity contribution in [2.75, 3.05) is 6.61 Å². The lowest BCUT2D eigenvalue weighted by Crippen LogP contribution is -2.12. The quantitative estimate of drug-likeness (QED) is 0.144. The number of carbonyl (C=O) groups excluding carboxylic acids is 1. The average molecular weight is 506 g/mol. The summed E-state index contributed by atoms with van der Waals surface area (Å²) in [6, 6.07) is 17.5. The first kappa shape index (κ1) is 25.7. The zero-order valence-electron chi connectivity index (χ0n) is 20.0. The fraction of sp³-hybridized carbons (Fsp3) is 0.100. The lowest BCUT2D eigenvalue weighted by Gasteiger charge is -2.11. The largest absolute Gasteiger partial charge is 0.491 e. The van der Waals surface area contributed by atoms with Gasteiger partial charge in [0.15, 0.2) is 23.2 Å². The van der Waals surface area contributed by atoms with Crippen molar-refractivity contribution in [3.63, 3.8) is 0 Å². The Morgan fingerprint density at radius 3 is 1.89 bits per heavy atom. The molecule has 0 N–H and O–H groups in total. The van der Waals surface area contributed by atoms with Crippen molar-refractivity contribution >= 4 is 12.0 Å². The molecule has 37 heavy (non-hydrogen) atoms. The van der Waals surface area contributed by atoms with E-state index in [1.165, 1.54) is 42.5 Å². The zero-order valence-corrected chi connectivity index (χ0v) is 20.0. The minimum Gasteiger partial charge on any atom is -0.491 e. The summed E-state index contributed by atoms with van der Waals surface area (Å²) in [4.78, 5) is 12.5. The van der Waals surface area contributed by atoms with Crippen LogP contribution in [-0.4, -0.2) is 12.6 Å². The molecule has 0 aliphatic heterocycles. The molecule has 0 radical (unpaired) electrons. The summed E-state index contributed by atoms with van der Waals surface area (Å²) in [6.07, 6.45) is 3.74. The molecule has 0 saturated heterocycles. The summed E-state index contributed by atoms with van der Waals surface area (Å²) in [5.41, 5.74) is 1.11. The van der Waals surface area contributed by atoms with Crippen LogP contribution in [-0.2, 0) is 0 Å². The monoisotopic (exact) mass is 506 g/mol. The Kier molecular flexibility index (Phi) is 7.72. The van der Waals surface area contributed by atoms with Crippen LogP contribution in [0, 0.1) is 23.3 Å². The highest BCUT2D eigenvalue weighted by Crippen LogP contribution is 2.32. The Hall–Kier alpha value is -4.39. The smallest absolute Gasteiger partial charge is 0.346 e. The third-order valence-corrected chi connectivity index (χ3v) is 5.61. The van der Waals surface area contributed by atoms with Gasteiger partial charge in [0.25, 0.3) is 0 Å². The van der Waals surface area contributed by atoms with Crippen LogP contribution in [0.15, 0.2) is 78.9 Å². The summed E-state index contributed by atoms with van der Waals surface area (Å²) in [6.45, 7) is 3.72. The van der Waals surface area contributed by atoms with Gasteiger partial charge < -0.3 is 9.47 Å². The molecule has 0 unspecified atom stereocenters. The molecule has 188 valence electrons. The second-order valence-electron chi connectivity index (χ2n) is 8.00. The average Bonchev–Trinajstić information content (AvgIpc) is 2.90. The van der Waals surface area contributed by atoms with Gasteiger partial charge in [0, 0.05) is 11.1 Å². The molecule has 4 rings (SSSR count). The fourth-order valence-corrected chi connectivity index (χ4v) is 3.78. The van der Waals surface area contributed by atoms with E-state index in [2.05, 4.69) is 0 Å². The highest BCUT2D eigenvalue weighted by Gasteiger charge is 2.21. The van der Waals surface area contributed by atoms with Crippen molar-refractivity contribution < 1.29 is 31.8 Å². The number of hydrogen-bond acceptors (Lipinski definition) is 3. The Morgan fingerprint density at radius 1 is 0.730 bits per heavy atom. The molecule has 0 aliphatic carbocycles. The Labute approximate surface area is 211 Å². The van der Waals surface area contributed by atoms with Gasteiger partial charge in [-0.15, -0.1) is 0 Å². The molecule has 3 nitrogen and oxygen atoms in total. The molecule has 7 heteroatoms. The summed E-state index contributed by atoms with van der Waals surface area (Å²) in [7, 11) is 0. The van der Waals surface area contributed by atoms with Crippen molar-refractivity contribution in [2.45, 2.75) is 13.8 Å². The van der Waals surface area contributed by atoms with Gasteiger partial charge in [-0.2, -0.15) is 4.39 Å². The number of ether oxygens (including phenoxy) is 2. The van der Waals surface area contributed by atoms with Gasteiger partial charge in [-0.3, -0.25) is 0 Å². The first-order valence-corrected chi connectivity index (χ1v) is 11.5. The molecular weight excluding hydrogens is 484 g/mol. The fourth-order valence-electron chi connectivity index (χ4n) is 3.78. The second-order valence-corrected chi connectivity index (χ2v) is 8.00. The Morgan fingerprint density at radius 2 is 1.30 bits per heavy atom. The predicted octanol–water partition coefficient (Wildman–Crippen LogP) is 8.23. The van der Waals surface area contributed by atoms with Gasteiger partial charge >= 0.3 is 5.97 Å². The van der Waals surface area contributed by atoms with Gasteiger partial charge in [0.2, 0.25) is 5.82 Å². The van der Waals surface area contributed by atoms with Crippen molar-refractivity contribution in [1.29, 1.82) is 0 Å². The van der Waals surface area contributed by atoms with E-state index < -0.39 is 34.8 Å². The lowest BCUT2D eigenvalue weighted by molar-refractivity contribution is 0.0728. The predicted molar refractivity (Wildman–Crippen MR) is 134 cm³/mol. The van der Waals surface area contributed by atoms with Crippen LogP contribution in [0.3, 0.4) is 0 Å². The van der Waals surface area contributed by atoms with Crippen molar-refractivity contribution in [1.82, 2.24) is 0 Å². The maximum atomic E-state index is 14.8. The van der Waals surface area contributed by atoms with Crippen LogP contribution in [0.25, 0.3) is 28.3 Å². The molecule has 4 aromatic rings. The van der Waals surface area contributed by atoms with E-state index in [4.69, 9.17) is 9.47 Å². The zero-order chi connectivity index (χ0) is 26.5. The van der Waals surface area contributed by atoms with Gasteiger partial charge in [-0.05, 0) is 60.9 Å². The van der Waals surface area contributed by atoms with Gasteiger partial charge in [0.05, 0.1) is 12.2 Å². The van der Waals surface area contributed by atoms with Crippen LogP contribution in [0.2, 0.25) is 0 Å². The van der Waals surface area contributed by atoms with E-state index in [0.717, 1.165) is 11.6 Å². The van der Waals surface area contributed by atoms with Crippen molar-refractivity contribution in [3.05, 3.63) is 113 Å². The number of allylic oxidation sites excluding steroid dienone is 1. The molecule has 0 bridgehead atoms. The standard InChI is InChI=1S/C30H22F4O3/c1-3-5-18-6-8-19(9-7-18)22-14-15-24(28(33)26(22)31)30(35)37-21-12-10-20(11-13-21)23-16-17-25(36-4-2)29(34)27(23)32/h3,5-17H,4H2,1-2H3. The number of benzene rings is 4. The van der Waals surface area contributed by atoms with Crippen LogP contribution in [0.1, 0.15) is 29.8 Å². The van der Waals surface area contributed by atoms with E-state index in [0.29, 0.717) is 11.1 Å². The van der Waals surface area contributed by atoms with Crippen molar-refractivity contribution in [3.8, 4) is 33.8 Å². The molecule has 0 amide bonds. The minimum atomic E-state index is -1.33. The normalized spacial score (nSPS) is 11.1. The third kappa shape index (κ3) is 5.40. The van der Waals surface area contributed by atoms with Crippen LogP contribution in [0.4, 0.5) is 17.6 Å². The SMILES string of the molecule is CC=Cc1ccc(-c2ccc(C(=O)Oc3ccc(-c4ccc(OCC)c(F)c4F)cc3)c(F)c2F)cc1. The maximum absolute atomic E-state index is 14.8. The number of esters is 1. The Balaban J connectivity index is 1.52. The first-order chi connectivity index (χ1) is 17.8. The van der Waals surface area contributed by atoms with Crippen LogP contribution < -0.4 is 9.47 Å². The Bertz CT molecular complexity index is 1460. The molecule has 0 atom stereocenters.